The minimum atomic E-state index is -2.23. The minimum Gasteiger partial charge on any atom is -0.203 e. The van der Waals surface area contributed by atoms with Gasteiger partial charge in [-0.3, -0.25) is 0 Å². The fraction of sp³-hybridized carbons (Fsp3) is 0. The van der Waals surface area contributed by atoms with Crippen LogP contribution in [-0.4, -0.2) is 0 Å². The van der Waals surface area contributed by atoms with Gasteiger partial charge in [0.15, 0.2) is 46.5 Å². The van der Waals surface area contributed by atoms with E-state index in [0.29, 0.717) is 0 Å². The van der Waals surface area contributed by atoms with Crippen molar-refractivity contribution in [3.63, 3.8) is 0 Å². The number of benzene rings is 4. The molecule has 0 spiro atoms. The first kappa shape index (κ1) is 25.1. The van der Waals surface area contributed by atoms with E-state index in [1.165, 1.54) is 0 Å². The maximum atomic E-state index is 15.3. The molecule has 0 saturated carbocycles. The highest BCUT2D eigenvalue weighted by Crippen LogP contribution is 2.54. The van der Waals surface area contributed by atoms with Gasteiger partial charge in [-0.2, -0.15) is 0 Å². The molecule has 36 heavy (non-hydrogen) atoms. The average molecular weight is 586 g/mol. The highest BCUT2D eigenvalue weighted by molar-refractivity contribution is 6.43. The third-order valence-corrected chi connectivity index (χ3v) is 7.18. The molecule has 0 atom stereocenters. The first-order chi connectivity index (χ1) is 16.9. The molecule has 0 radical (unpaired) electrons. The van der Waals surface area contributed by atoms with E-state index >= 15 is 17.6 Å². The topological polar surface area (TPSA) is 0 Å². The van der Waals surface area contributed by atoms with Gasteiger partial charge in [0.05, 0.1) is 20.1 Å². The number of hydrogen-bond donors (Lipinski definition) is 0. The summed E-state index contributed by atoms with van der Waals surface area (Å²) in [6, 6.07) is 3.34. The van der Waals surface area contributed by atoms with E-state index in [-0.39, 0.29) is 20.1 Å². The highest BCUT2D eigenvalue weighted by Gasteiger charge is 2.37. The third-order valence-electron chi connectivity index (χ3n) is 5.73. The predicted molar refractivity (Wildman–Crippen MR) is 121 cm³/mol. The Morgan fingerprint density at radius 3 is 0.639 bits per heavy atom. The van der Waals surface area contributed by atoms with E-state index in [2.05, 4.69) is 0 Å². The maximum Gasteiger partial charge on any atom is 0.198 e. The quantitative estimate of drug-likeness (QED) is 0.0963. The Hall–Kier alpha value is -2.52. The van der Waals surface area contributed by atoms with Crippen LogP contribution in [0.1, 0.15) is 0 Å². The molecule has 0 N–H and O–H groups in total. The standard InChI is InChI=1S/C24H4Cl4F8/c25-9-1-5-6(2-10(9)26)14-16(20(32)24(36)22(34)18(14)30)8-4-12(28)11(27)3-7(8)15-13(5)17(29)21(33)23(35)19(15)31/h1-4H. The van der Waals surface area contributed by atoms with Crippen LogP contribution in [0.3, 0.4) is 0 Å². The lowest BCUT2D eigenvalue weighted by Gasteiger charge is -2.26. The molecule has 0 heterocycles. The maximum absolute atomic E-state index is 15.3. The van der Waals surface area contributed by atoms with E-state index in [4.69, 9.17) is 46.4 Å². The number of halogens is 12. The zero-order valence-electron chi connectivity index (χ0n) is 16.8. The lowest BCUT2D eigenvalue weighted by molar-refractivity contribution is 0.411. The van der Waals surface area contributed by atoms with Gasteiger partial charge in [0.1, 0.15) is 0 Å². The van der Waals surface area contributed by atoms with E-state index in [1.54, 1.807) is 0 Å². The van der Waals surface area contributed by atoms with Crippen molar-refractivity contribution in [1.29, 1.82) is 0 Å². The number of fused-ring (bicyclic) bond motifs is 8. The van der Waals surface area contributed by atoms with Gasteiger partial charge >= 0.3 is 0 Å². The van der Waals surface area contributed by atoms with Crippen molar-refractivity contribution in [1.82, 2.24) is 0 Å². The molecule has 0 saturated heterocycles. The third kappa shape index (κ3) is 3.35. The summed E-state index contributed by atoms with van der Waals surface area (Å²) in [7, 11) is 0. The second-order valence-electron chi connectivity index (χ2n) is 7.64. The second kappa shape index (κ2) is 8.52. The van der Waals surface area contributed by atoms with Gasteiger partial charge in [-0.05, 0) is 46.5 Å². The van der Waals surface area contributed by atoms with Crippen molar-refractivity contribution in [3.05, 3.63) is 90.9 Å². The van der Waals surface area contributed by atoms with Crippen LogP contribution in [0.5, 0.6) is 0 Å². The Morgan fingerprint density at radius 2 is 0.472 bits per heavy atom. The monoisotopic (exact) mass is 584 g/mol. The Bertz CT molecular complexity index is 1420. The molecule has 0 fully saturated rings. The summed E-state index contributed by atoms with van der Waals surface area (Å²) in [5.41, 5.74) is -6.47. The lowest BCUT2D eigenvalue weighted by atomic mass is 9.79. The summed E-state index contributed by atoms with van der Waals surface area (Å²) >= 11 is 24.1. The van der Waals surface area contributed by atoms with Crippen LogP contribution in [0.4, 0.5) is 35.1 Å². The summed E-state index contributed by atoms with van der Waals surface area (Å²) < 4.78 is 119. The van der Waals surface area contributed by atoms with Gasteiger partial charge in [0, 0.05) is 22.3 Å². The van der Waals surface area contributed by atoms with Crippen LogP contribution in [0.2, 0.25) is 20.1 Å². The molecular weight excluding hydrogens is 582 g/mol. The lowest BCUT2D eigenvalue weighted by Crippen LogP contribution is -2.10. The number of rotatable bonds is 0. The van der Waals surface area contributed by atoms with Crippen molar-refractivity contribution in [3.8, 4) is 44.5 Å². The van der Waals surface area contributed by atoms with Gasteiger partial charge in [0.2, 0.25) is 0 Å². The summed E-state index contributed by atoms with van der Waals surface area (Å²) in [4.78, 5) is 0. The van der Waals surface area contributed by atoms with Gasteiger partial charge in [0.25, 0.3) is 0 Å². The summed E-state index contributed by atoms with van der Waals surface area (Å²) in [6.45, 7) is 0. The molecule has 0 aliphatic heterocycles. The Balaban J connectivity index is 2.19. The van der Waals surface area contributed by atoms with Crippen LogP contribution >= 0.6 is 46.4 Å². The van der Waals surface area contributed by atoms with Crippen molar-refractivity contribution in [2.75, 3.05) is 0 Å². The van der Waals surface area contributed by atoms with E-state index in [0.717, 1.165) is 24.3 Å². The van der Waals surface area contributed by atoms with Crippen LogP contribution in [0, 0.1) is 46.5 Å². The molecule has 12 heteroatoms. The van der Waals surface area contributed by atoms with Crippen LogP contribution in [0.15, 0.2) is 24.3 Å². The molecule has 1 aliphatic carbocycles. The van der Waals surface area contributed by atoms with Crippen molar-refractivity contribution < 1.29 is 35.1 Å². The molecule has 1 aliphatic rings. The molecule has 0 nitrogen and oxygen atoms in total. The molecular formula is C24H4Cl4F8. The summed E-state index contributed by atoms with van der Waals surface area (Å²) in [6.07, 6.45) is 0. The van der Waals surface area contributed by atoms with Gasteiger partial charge in [-0.1, -0.05) is 46.4 Å². The fourth-order valence-corrected chi connectivity index (χ4v) is 4.85. The van der Waals surface area contributed by atoms with Crippen LogP contribution in [-0.2, 0) is 0 Å². The predicted octanol–water partition coefficient (Wildman–Crippen LogP) is 10.4. The molecule has 0 amide bonds. The minimum absolute atomic E-state index is 0.342. The zero-order valence-corrected chi connectivity index (χ0v) is 19.9. The zero-order chi connectivity index (χ0) is 26.4. The van der Waals surface area contributed by atoms with Gasteiger partial charge in [-0.15, -0.1) is 0 Å². The molecule has 5 rings (SSSR count). The normalized spacial score (nSPS) is 11.9. The highest BCUT2D eigenvalue weighted by atomic mass is 35.5. The summed E-state index contributed by atoms with van der Waals surface area (Å²) in [5.74, 6) is -16.7. The van der Waals surface area contributed by atoms with E-state index in [9.17, 15) is 17.6 Å². The van der Waals surface area contributed by atoms with Crippen LogP contribution in [0.25, 0.3) is 44.5 Å². The Morgan fingerprint density at radius 1 is 0.306 bits per heavy atom. The first-order valence-corrected chi connectivity index (χ1v) is 11.1. The Kier molecular flexibility index (Phi) is 5.95. The average Bonchev–Trinajstić information content (AvgIpc) is 2.83. The number of hydrogen-bond acceptors (Lipinski definition) is 0. The van der Waals surface area contributed by atoms with Gasteiger partial charge < -0.3 is 0 Å². The van der Waals surface area contributed by atoms with Crippen LogP contribution < -0.4 is 0 Å². The summed E-state index contributed by atoms with van der Waals surface area (Å²) in [5, 5.41) is -1.37. The van der Waals surface area contributed by atoms with Crippen molar-refractivity contribution >= 4 is 46.4 Å². The SMILES string of the molecule is Fc1c(F)c(F)c2c(c1F)-c1cc(Cl)c(Cl)cc1-c1c(F)c(F)c(F)c(F)c1-c1cc(Cl)c(Cl)cc1-2. The van der Waals surface area contributed by atoms with Crippen molar-refractivity contribution in [2.45, 2.75) is 0 Å². The van der Waals surface area contributed by atoms with E-state index < -0.39 is 91.0 Å². The largest absolute Gasteiger partial charge is 0.203 e. The fourth-order valence-electron chi connectivity index (χ4n) is 4.20. The second-order valence-corrected chi connectivity index (χ2v) is 9.26. The molecule has 0 bridgehead atoms. The molecule has 0 unspecified atom stereocenters. The first-order valence-electron chi connectivity index (χ1n) is 9.58. The molecule has 0 aromatic heterocycles. The molecule has 184 valence electrons. The van der Waals surface area contributed by atoms with Gasteiger partial charge in [-0.25, -0.2) is 35.1 Å². The smallest absolute Gasteiger partial charge is 0.198 e. The molecule has 4 aromatic carbocycles. The Labute approximate surface area is 216 Å². The van der Waals surface area contributed by atoms with Crippen molar-refractivity contribution in [2.24, 2.45) is 0 Å². The molecule has 4 aromatic rings. The van der Waals surface area contributed by atoms with E-state index in [1.807, 2.05) is 0 Å².